The summed E-state index contributed by atoms with van der Waals surface area (Å²) in [6.45, 7) is 4.00. The van der Waals surface area contributed by atoms with Gasteiger partial charge in [0, 0.05) is 18.8 Å². The fraction of sp³-hybridized carbons (Fsp3) is 0.920. The van der Waals surface area contributed by atoms with Gasteiger partial charge in [0.05, 0.1) is 0 Å². The van der Waals surface area contributed by atoms with Crippen molar-refractivity contribution in [3.8, 4) is 0 Å². The van der Waals surface area contributed by atoms with Crippen LogP contribution < -0.4 is 0 Å². The Labute approximate surface area is 175 Å². The van der Waals surface area contributed by atoms with E-state index in [9.17, 15) is 9.59 Å². The van der Waals surface area contributed by atoms with Crippen LogP contribution in [0.2, 0.25) is 0 Å². The van der Waals surface area contributed by atoms with E-state index in [0.29, 0.717) is 12.2 Å². The van der Waals surface area contributed by atoms with Crippen LogP contribution in [0.5, 0.6) is 0 Å². The van der Waals surface area contributed by atoms with Gasteiger partial charge in [0.25, 0.3) is 0 Å². The van der Waals surface area contributed by atoms with Crippen LogP contribution in [0.15, 0.2) is 0 Å². The van der Waals surface area contributed by atoms with Crippen molar-refractivity contribution in [3.63, 3.8) is 0 Å². The van der Waals surface area contributed by atoms with Crippen molar-refractivity contribution in [1.29, 1.82) is 0 Å². The van der Waals surface area contributed by atoms with Gasteiger partial charge in [-0.15, -0.1) is 0 Å². The molecule has 166 valence electrons. The van der Waals surface area contributed by atoms with E-state index in [1.54, 1.807) is 0 Å². The molecule has 3 nitrogen and oxygen atoms in total. The summed E-state index contributed by atoms with van der Waals surface area (Å²) in [6.07, 6.45) is 24.2. The molecule has 0 heterocycles. The van der Waals surface area contributed by atoms with Crippen molar-refractivity contribution >= 4 is 11.8 Å². The average Bonchev–Trinajstić information content (AvgIpc) is 2.65. The van der Waals surface area contributed by atoms with Gasteiger partial charge in [0.2, 0.25) is 0 Å². The highest BCUT2D eigenvalue weighted by Crippen LogP contribution is 2.15. The van der Waals surface area contributed by atoms with Crippen molar-refractivity contribution in [3.05, 3.63) is 0 Å². The summed E-state index contributed by atoms with van der Waals surface area (Å²) >= 11 is 0. The second-order valence-electron chi connectivity index (χ2n) is 8.88. The van der Waals surface area contributed by atoms with E-state index >= 15 is 0 Å². The maximum absolute atomic E-state index is 11.5. The third-order valence-electron chi connectivity index (χ3n) is 5.71. The van der Waals surface area contributed by atoms with Gasteiger partial charge < -0.3 is 5.11 Å². The highest BCUT2D eigenvalue weighted by atomic mass is 16.4. The van der Waals surface area contributed by atoms with Crippen LogP contribution in [0.1, 0.15) is 142 Å². The first-order valence-electron chi connectivity index (χ1n) is 12.3. The number of hydrogen-bond acceptors (Lipinski definition) is 2. The van der Waals surface area contributed by atoms with E-state index < -0.39 is 5.97 Å². The number of carboxylic acid groups (broad SMARTS) is 1. The molecule has 0 aliphatic carbocycles. The third kappa shape index (κ3) is 21.4. The Morgan fingerprint density at radius 1 is 0.500 bits per heavy atom. The standard InChI is InChI=1S/C25H48O3/c1-23(2)24(26)21-19-17-15-13-11-9-7-5-3-4-6-8-10-12-14-16-18-20-22-25(27)28/h23H,3-22H2,1-2H3,(H,27,28). The van der Waals surface area contributed by atoms with Gasteiger partial charge >= 0.3 is 5.97 Å². The fourth-order valence-electron chi connectivity index (χ4n) is 3.69. The molecular formula is C25H48O3. The lowest BCUT2D eigenvalue weighted by atomic mass is 10.0. The van der Waals surface area contributed by atoms with Gasteiger partial charge in [-0.25, -0.2) is 0 Å². The predicted octanol–water partition coefficient (Wildman–Crippen LogP) is 8.10. The highest BCUT2D eigenvalue weighted by Gasteiger charge is 2.05. The number of carbonyl (C=O) groups excluding carboxylic acids is 1. The number of Topliss-reactive ketones (excluding diaryl/α,β-unsaturated/α-hetero) is 1. The van der Waals surface area contributed by atoms with Crippen LogP contribution in [-0.2, 0) is 9.59 Å². The Kier molecular flexibility index (Phi) is 20.2. The molecule has 0 atom stereocenters. The Balaban J connectivity index is 3.07. The van der Waals surface area contributed by atoms with Crippen LogP contribution in [0.3, 0.4) is 0 Å². The summed E-state index contributed by atoms with van der Waals surface area (Å²) in [7, 11) is 0. The number of ketones is 1. The zero-order valence-electron chi connectivity index (χ0n) is 19.0. The minimum absolute atomic E-state index is 0.210. The zero-order chi connectivity index (χ0) is 20.9. The molecule has 0 spiro atoms. The molecule has 0 aliphatic rings. The van der Waals surface area contributed by atoms with Crippen LogP contribution in [0.4, 0.5) is 0 Å². The highest BCUT2D eigenvalue weighted by molar-refractivity contribution is 5.80. The molecule has 0 saturated heterocycles. The smallest absolute Gasteiger partial charge is 0.303 e. The molecule has 0 bridgehead atoms. The Morgan fingerprint density at radius 3 is 1.00 bits per heavy atom. The molecule has 0 saturated carbocycles. The molecule has 3 heteroatoms. The Morgan fingerprint density at radius 2 is 0.750 bits per heavy atom. The summed E-state index contributed by atoms with van der Waals surface area (Å²) in [5.41, 5.74) is 0. The lowest BCUT2D eigenvalue weighted by Gasteiger charge is -2.05. The monoisotopic (exact) mass is 396 g/mol. The van der Waals surface area contributed by atoms with E-state index in [4.69, 9.17) is 5.11 Å². The van der Waals surface area contributed by atoms with Gasteiger partial charge in [0.15, 0.2) is 0 Å². The summed E-state index contributed by atoms with van der Waals surface area (Å²) in [5, 5.41) is 8.58. The normalized spacial score (nSPS) is 11.2. The fourth-order valence-corrected chi connectivity index (χ4v) is 3.69. The Hall–Kier alpha value is -0.860. The lowest BCUT2D eigenvalue weighted by Crippen LogP contribution is -2.05. The van der Waals surface area contributed by atoms with E-state index in [-0.39, 0.29) is 5.92 Å². The van der Waals surface area contributed by atoms with E-state index in [1.807, 2.05) is 13.8 Å². The second-order valence-corrected chi connectivity index (χ2v) is 8.88. The van der Waals surface area contributed by atoms with Crippen molar-refractivity contribution in [1.82, 2.24) is 0 Å². The van der Waals surface area contributed by atoms with Gasteiger partial charge in [-0.2, -0.15) is 0 Å². The summed E-state index contributed by atoms with van der Waals surface area (Å²) in [6, 6.07) is 0. The van der Waals surface area contributed by atoms with Crippen LogP contribution >= 0.6 is 0 Å². The lowest BCUT2D eigenvalue weighted by molar-refractivity contribution is -0.137. The molecular weight excluding hydrogens is 348 g/mol. The molecule has 0 fully saturated rings. The zero-order valence-corrected chi connectivity index (χ0v) is 19.0. The number of aliphatic carboxylic acids is 1. The molecule has 28 heavy (non-hydrogen) atoms. The van der Waals surface area contributed by atoms with Crippen molar-refractivity contribution in [2.75, 3.05) is 0 Å². The molecule has 0 aromatic heterocycles. The number of carboxylic acids is 1. The molecule has 1 N–H and O–H groups in total. The van der Waals surface area contributed by atoms with Gasteiger partial charge in [-0.3, -0.25) is 9.59 Å². The van der Waals surface area contributed by atoms with Crippen LogP contribution in [0.25, 0.3) is 0 Å². The molecule has 0 amide bonds. The molecule has 0 aliphatic heterocycles. The molecule has 0 rings (SSSR count). The van der Waals surface area contributed by atoms with E-state index in [2.05, 4.69) is 0 Å². The second kappa shape index (κ2) is 20.9. The number of hydrogen-bond donors (Lipinski definition) is 1. The maximum Gasteiger partial charge on any atom is 0.303 e. The van der Waals surface area contributed by atoms with Crippen LogP contribution in [-0.4, -0.2) is 16.9 Å². The summed E-state index contributed by atoms with van der Waals surface area (Å²) in [5.74, 6) is -0.0268. The molecule has 0 aromatic carbocycles. The van der Waals surface area contributed by atoms with Crippen molar-refractivity contribution in [2.45, 2.75) is 142 Å². The van der Waals surface area contributed by atoms with Gasteiger partial charge in [-0.05, 0) is 12.8 Å². The van der Waals surface area contributed by atoms with Gasteiger partial charge in [-0.1, -0.05) is 117 Å². The third-order valence-corrected chi connectivity index (χ3v) is 5.71. The van der Waals surface area contributed by atoms with Crippen molar-refractivity contribution in [2.24, 2.45) is 5.92 Å². The number of carbonyl (C=O) groups is 2. The minimum Gasteiger partial charge on any atom is -0.481 e. The number of rotatable bonds is 22. The molecule has 0 aromatic rings. The topological polar surface area (TPSA) is 54.4 Å². The van der Waals surface area contributed by atoms with Gasteiger partial charge in [0.1, 0.15) is 5.78 Å². The SMILES string of the molecule is CC(C)C(=O)CCCCCCCCCCCCCCCCCCCCC(=O)O. The van der Waals surface area contributed by atoms with E-state index in [0.717, 1.165) is 25.7 Å². The quantitative estimate of drug-likeness (QED) is 0.188. The van der Waals surface area contributed by atoms with Crippen LogP contribution in [0, 0.1) is 5.92 Å². The first-order valence-corrected chi connectivity index (χ1v) is 12.3. The minimum atomic E-state index is -0.661. The predicted molar refractivity (Wildman–Crippen MR) is 120 cm³/mol. The number of unbranched alkanes of at least 4 members (excludes halogenated alkanes) is 17. The first kappa shape index (κ1) is 27.1. The largest absolute Gasteiger partial charge is 0.481 e. The molecule has 0 radical (unpaired) electrons. The maximum atomic E-state index is 11.5. The summed E-state index contributed by atoms with van der Waals surface area (Å²) < 4.78 is 0. The van der Waals surface area contributed by atoms with Crippen molar-refractivity contribution < 1.29 is 14.7 Å². The molecule has 0 unspecified atom stereocenters. The van der Waals surface area contributed by atoms with E-state index in [1.165, 1.54) is 96.3 Å². The Bertz CT molecular complexity index is 363. The first-order chi connectivity index (χ1) is 13.5. The summed E-state index contributed by atoms with van der Waals surface area (Å²) in [4.78, 5) is 21.9. The average molecular weight is 397 g/mol.